The average molecular weight is 307 g/mol. The van der Waals surface area contributed by atoms with Crippen LogP contribution in [0, 0.1) is 0 Å². The summed E-state index contributed by atoms with van der Waals surface area (Å²) in [4.78, 5) is 25.2. The Morgan fingerprint density at radius 2 is 1.86 bits per heavy atom. The van der Waals surface area contributed by atoms with Crippen LogP contribution in [0.25, 0.3) is 0 Å². The lowest BCUT2D eigenvalue weighted by atomic mass is 10.2. The van der Waals surface area contributed by atoms with Gasteiger partial charge in [-0.2, -0.15) is 0 Å². The van der Waals surface area contributed by atoms with Crippen LogP contribution in [0.4, 0.5) is 4.79 Å². The van der Waals surface area contributed by atoms with E-state index in [4.69, 9.17) is 10.5 Å². The molecule has 1 atom stereocenters. The van der Waals surface area contributed by atoms with Crippen molar-refractivity contribution in [3.63, 3.8) is 0 Å². The lowest BCUT2D eigenvalue weighted by Gasteiger charge is -2.25. The highest BCUT2D eigenvalue weighted by Crippen LogP contribution is 2.07. The largest absolute Gasteiger partial charge is 0.444 e. The number of nitrogens with two attached hydrogens (primary N) is 1. The Labute approximate surface area is 131 Å². The number of hydrogen-bond donors (Lipinski definition) is 2. The van der Waals surface area contributed by atoms with Gasteiger partial charge in [-0.25, -0.2) is 4.79 Å². The van der Waals surface area contributed by atoms with Gasteiger partial charge in [0, 0.05) is 13.1 Å². The normalized spacial score (nSPS) is 12.8. The minimum absolute atomic E-state index is 0.309. The van der Waals surface area contributed by atoms with Crippen LogP contribution in [0.1, 0.15) is 26.3 Å². The third kappa shape index (κ3) is 7.08. The summed E-state index contributed by atoms with van der Waals surface area (Å²) >= 11 is 0. The number of ether oxygens (including phenoxy) is 1. The average Bonchev–Trinajstić information content (AvgIpc) is 2.36. The van der Waals surface area contributed by atoms with Gasteiger partial charge in [0.25, 0.3) is 0 Å². The Morgan fingerprint density at radius 3 is 2.36 bits per heavy atom. The number of rotatable bonds is 6. The lowest BCUT2D eigenvalue weighted by Crippen LogP contribution is -2.51. The van der Waals surface area contributed by atoms with Gasteiger partial charge in [0.05, 0.1) is 0 Å². The SMILES string of the molecule is CN(Cc1ccccc1)CC(NC(=O)OC(C)(C)C)C(N)=O. The molecule has 0 saturated carbocycles. The second kappa shape index (κ2) is 7.79. The molecule has 0 saturated heterocycles. The molecule has 0 aliphatic heterocycles. The Kier molecular flexibility index (Phi) is 6.37. The molecule has 22 heavy (non-hydrogen) atoms. The van der Waals surface area contributed by atoms with Crippen LogP contribution in [0.2, 0.25) is 0 Å². The number of benzene rings is 1. The molecule has 1 rings (SSSR count). The second-order valence-electron chi connectivity index (χ2n) is 6.28. The minimum Gasteiger partial charge on any atom is -0.444 e. The number of amides is 2. The topological polar surface area (TPSA) is 84.7 Å². The van der Waals surface area contributed by atoms with Gasteiger partial charge in [-0.05, 0) is 33.4 Å². The van der Waals surface area contributed by atoms with E-state index >= 15 is 0 Å². The number of nitrogens with one attached hydrogen (secondary N) is 1. The third-order valence-corrected chi connectivity index (χ3v) is 2.82. The van der Waals surface area contributed by atoms with E-state index in [1.165, 1.54) is 0 Å². The zero-order chi connectivity index (χ0) is 16.8. The van der Waals surface area contributed by atoms with Crippen molar-refractivity contribution in [1.82, 2.24) is 10.2 Å². The molecule has 0 spiro atoms. The maximum absolute atomic E-state index is 11.8. The first-order valence-electron chi connectivity index (χ1n) is 7.18. The second-order valence-corrected chi connectivity index (χ2v) is 6.28. The molecule has 0 aliphatic carbocycles. The predicted octanol–water partition coefficient (Wildman–Crippen LogP) is 1.50. The molecule has 1 unspecified atom stereocenters. The van der Waals surface area contributed by atoms with Crippen molar-refractivity contribution < 1.29 is 14.3 Å². The standard InChI is InChI=1S/C16H25N3O3/c1-16(2,3)22-15(21)18-13(14(17)20)11-19(4)10-12-8-6-5-7-9-12/h5-9,13H,10-11H2,1-4H3,(H2,17,20)(H,18,21). The van der Waals surface area contributed by atoms with E-state index in [-0.39, 0.29) is 0 Å². The van der Waals surface area contributed by atoms with E-state index in [2.05, 4.69) is 5.32 Å². The van der Waals surface area contributed by atoms with E-state index in [0.717, 1.165) is 5.56 Å². The number of hydrogen-bond acceptors (Lipinski definition) is 4. The van der Waals surface area contributed by atoms with Gasteiger partial charge < -0.3 is 15.8 Å². The van der Waals surface area contributed by atoms with Crippen molar-refractivity contribution in [3.05, 3.63) is 35.9 Å². The molecule has 2 amide bonds. The number of likely N-dealkylation sites (N-methyl/N-ethyl adjacent to an activating group) is 1. The van der Waals surface area contributed by atoms with Crippen molar-refractivity contribution in [1.29, 1.82) is 0 Å². The molecule has 0 aromatic heterocycles. The van der Waals surface area contributed by atoms with Gasteiger partial charge in [0.2, 0.25) is 5.91 Å². The Morgan fingerprint density at radius 1 is 1.27 bits per heavy atom. The highest BCUT2D eigenvalue weighted by molar-refractivity contribution is 5.84. The van der Waals surface area contributed by atoms with Gasteiger partial charge in [0.1, 0.15) is 11.6 Å². The Balaban J connectivity index is 2.57. The molecule has 0 aliphatic rings. The van der Waals surface area contributed by atoms with Crippen molar-refractivity contribution in [2.24, 2.45) is 5.73 Å². The predicted molar refractivity (Wildman–Crippen MR) is 85.1 cm³/mol. The number of nitrogens with zero attached hydrogens (tertiary/aromatic N) is 1. The first kappa shape index (κ1) is 18.0. The van der Waals surface area contributed by atoms with Crippen molar-refractivity contribution in [3.8, 4) is 0 Å². The molecule has 1 aromatic rings. The van der Waals surface area contributed by atoms with Crippen LogP contribution in [-0.2, 0) is 16.1 Å². The van der Waals surface area contributed by atoms with Crippen LogP contribution < -0.4 is 11.1 Å². The van der Waals surface area contributed by atoms with E-state index in [1.807, 2.05) is 42.3 Å². The fourth-order valence-corrected chi connectivity index (χ4v) is 1.93. The maximum atomic E-state index is 11.8. The summed E-state index contributed by atoms with van der Waals surface area (Å²) in [6.07, 6.45) is -0.649. The molecular weight excluding hydrogens is 282 g/mol. The fourth-order valence-electron chi connectivity index (χ4n) is 1.93. The van der Waals surface area contributed by atoms with Gasteiger partial charge >= 0.3 is 6.09 Å². The minimum atomic E-state index is -0.802. The van der Waals surface area contributed by atoms with Crippen molar-refractivity contribution in [2.75, 3.05) is 13.6 Å². The van der Waals surface area contributed by atoms with E-state index in [1.54, 1.807) is 20.8 Å². The smallest absolute Gasteiger partial charge is 0.408 e. The summed E-state index contributed by atoms with van der Waals surface area (Å²) < 4.78 is 5.14. The fraction of sp³-hybridized carbons (Fsp3) is 0.500. The number of primary amides is 1. The molecule has 122 valence electrons. The molecule has 6 heteroatoms. The van der Waals surface area contributed by atoms with Crippen molar-refractivity contribution in [2.45, 2.75) is 39.0 Å². The lowest BCUT2D eigenvalue weighted by molar-refractivity contribution is -0.120. The molecule has 0 bridgehead atoms. The summed E-state index contributed by atoms with van der Waals surface area (Å²) in [7, 11) is 1.86. The first-order chi connectivity index (χ1) is 10.2. The van der Waals surface area contributed by atoms with E-state index in [9.17, 15) is 9.59 Å². The molecule has 0 fully saturated rings. The third-order valence-electron chi connectivity index (χ3n) is 2.82. The Hall–Kier alpha value is -2.08. The first-order valence-corrected chi connectivity index (χ1v) is 7.18. The van der Waals surface area contributed by atoms with E-state index < -0.39 is 23.6 Å². The van der Waals surface area contributed by atoms with Crippen molar-refractivity contribution >= 4 is 12.0 Å². The number of alkyl carbamates (subject to hydrolysis) is 1. The summed E-state index contributed by atoms with van der Waals surface area (Å²) in [5.74, 6) is -0.592. The maximum Gasteiger partial charge on any atom is 0.408 e. The molecule has 6 nitrogen and oxygen atoms in total. The Bertz CT molecular complexity index is 497. The molecule has 0 heterocycles. The summed E-state index contributed by atoms with van der Waals surface area (Å²) in [5.41, 5.74) is 5.85. The van der Waals surface area contributed by atoms with Crippen LogP contribution in [-0.4, -0.2) is 42.1 Å². The number of carbonyl (C=O) groups is 2. The number of carbonyl (C=O) groups excluding carboxylic acids is 2. The summed E-state index contributed by atoms with van der Waals surface area (Å²) in [5, 5.41) is 2.51. The van der Waals surface area contributed by atoms with Crippen LogP contribution in [0.5, 0.6) is 0 Å². The van der Waals surface area contributed by atoms with Crippen LogP contribution in [0.15, 0.2) is 30.3 Å². The molecule has 3 N–H and O–H groups in total. The summed E-state index contributed by atoms with van der Waals surface area (Å²) in [6, 6.07) is 9.04. The van der Waals surface area contributed by atoms with Crippen LogP contribution >= 0.6 is 0 Å². The molecule has 0 radical (unpaired) electrons. The van der Waals surface area contributed by atoms with E-state index in [0.29, 0.717) is 13.1 Å². The van der Waals surface area contributed by atoms with Gasteiger partial charge in [0.15, 0.2) is 0 Å². The monoisotopic (exact) mass is 307 g/mol. The zero-order valence-corrected chi connectivity index (χ0v) is 13.6. The highest BCUT2D eigenvalue weighted by Gasteiger charge is 2.23. The van der Waals surface area contributed by atoms with Crippen LogP contribution in [0.3, 0.4) is 0 Å². The zero-order valence-electron chi connectivity index (χ0n) is 13.6. The van der Waals surface area contributed by atoms with Gasteiger partial charge in [-0.3, -0.25) is 9.69 Å². The van der Waals surface area contributed by atoms with Gasteiger partial charge in [-0.15, -0.1) is 0 Å². The quantitative estimate of drug-likeness (QED) is 0.834. The molecular formula is C16H25N3O3. The highest BCUT2D eigenvalue weighted by atomic mass is 16.6. The molecule has 1 aromatic carbocycles. The summed E-state index contributed by atoms with van der Waals surface area (Å²) in [6.45, 7) is 6.23. The van der Waals surface area contributed by atoms with Gasteiger partial charge in [-0.1, -0.05) is 30.3 Å².